The van der Waals surface area contributed by atoms with Crippen molar-refractivity contribution < 1.29 is 9.53 Å². The summed E-state index contributed by atoms with van der Waals surface area (Å²) in [5.74, 6) is 1.80. The van der Waals surface area contributed by atoms with Crippen LogP contribution in [0, 0.1) is 13.8 Å². The Morgan fingerprint density at radius 3 is 2.66 bits per heavy atom. The lowest BCUT2D eigenvalue weighted by Gasteiger charge is -2.20. The molecule has 162 valence electrons. The number of rotatable bonds is 5. The van der Waals surface area contributed by atoms with Gasteiger partial charge in [-0.1, -0.05) is 48.0 Å². The van der Waals surface area contributed by atoms with E-state index in [0.29, 0.717) is 18.7 Å². The molecule has 1 saturated heterocycles. The summed E-state index contributed by atoms with van der Waals surface area (Å²) in [6.45, 7) is 5.60. The molecule has 2 heterocycles. The average Bonchev–Trinajstić information content (AvgIpc) is 3.37. The van der Waals surface area contributed by atoms with Crippen LogP contribution >= 0.6 is 0 Å². The SMILES string of the molecule is COc1ccccc1N1CC(c2nc3ccccc3n2Cc2cc(C)ccc2C)CC1=O. The molecule has 3 aromatic carbocycles. The molecule has 1 atom stereocenters. The lowest BCUT2D eigenvalue weighted by molar-refractivity contribution is -0.117. The number of anilines is 1. The van der Waals surface area contributed by atoms with Gasteiger partial charge in [0.15, 0.2) is 0 Å². The Balaban J connectivity index is 1.55. The quantitative estimate of drug-likeness (QED) is 0.440. The average molecular weight is 426 g/mol. The Bertz CT molecular complexity index is 1310. The first-order chi connectivity index (χ1) is 15.5. The molecule has 0 spiro atoms. The number of fused-ring (bicyclic) bond motifs is 1. The molecule has 0 aliphatic carbocycles. The van der Waals surface area contributed by atoms with Crippen molar-refractivity contribution in [3.8, 4) is 5.75 Å². The van der Waals surface area contributed by atoms with Crippen molar-refractivity contribution in [1.29, 1.82) is 0 Å². The van der Waals surface area contributed by atoms with Gasteiger partial charge in [-0.2, -0.15) is 0 Å². The summed E-state index contributed by atoms with van der Waals surface area (Å²) in [5.41, 5.74) is 6.68. The smallest absolute Gasteiger partial charge is 0.227 e. The summed E-state index contributed by atoms with van der Waals surface area (Å²) >= 11 is 0. The molecule has 5 heteroatoms. The van der Waals surface area contributed by atoms with E-state index in [9.17, 15) is 4.79 Å². The van der Waals surface area contributed by atoms with Gasteiger partial charge in [-0.3, -0.25) is 4.79 Å². The van der Waals surface area contributed by atoms with Crippen LogP contribution in [0.5, 0.6) is 5.75 Å². The van der Waals surface area contributed by atoms with E-state index < -0.39 is 0 Å². The van der Waals surface area contributed by atoms with Gasteiger partial charge < -0.3 is 14.2 Å². The van der Waals surface area contributed by atoms with Crippen LogP contribution in [0.2, 0.25) is 0 Å². The summed E-state index contributed by atoms with van der Waals surface area (Å²) in [5, 5.41) is 0. The van der Waals surface area contributed by atoms with Gasteiger partial charge in [0.1, 0.15) is 11.6 Å². The van der Waals surface area contributed by atoms with E-state index in [1.807, 2.05) is 47.4 Å². The van der Waals surface area contributed by atoms with Crippen LogP contribution in [0.4, 0.5) is 5.69 Å². The Hall–Kier alpha value is -3.60. The third-order valence-corrected chi connectivity index (χ3v) is 6.38. The molecule has 4 aromatic rings. The van der Waals surface area contributed by atoms with Crippen LogP contribution in [0.15, 0.2) is 66.7 Å². The fraction of sp³-hybridized carbons (Fsp3) is 0.259. The van der Waals surface area contributed by atoms with E-state index in [1.54, 1.807) is 7.11 Å². The highest BCUT2D eigenvalue weighted by molar-refractivity contribution is 5.97. The largest absolute Gasteiger partial charge is 0.495 e. The zero-order valence-corrected chi connectivity index (χ0v) is 18.7. The van der Waals surface area contributed by atoms with Gasteiger partial charge in [-0.05, 0) is 49.2 Å². The van der Waals surface area contributed by atoms with Crippen LogP contribution < -0.4 is 9.64 Å². The molecular formula is C27H27N3O2. The molecule has 1 amide bonds. The third-order valence-electron chi connectivity index (χ3n) is 6.38. The van der Waals surface area contributed by atoms with Crippen molar-refractivity contribution in [2.75, 3.05) is 18.6 Å². The fourth-order valence-corrected chi connectivity index (χ4v) is 4.68. The van der Waals surface area contributed by atoms with Gasteiger partial charge in [0.2, 0.25) is 5.91 Å². The first-order valence-electron chi connectivity index (χ1n) is 11.0. The highest BCUT2D eigenvalue weighted by atomic mass is 16.5. The number of aromatic nitrogens is 2. The van der Waals surface area contributed by atoms with Gasteiger partial charge in [-0.15, -0.1) is 0 Å². The number of imidazole rings is 1. The molecule has 0 bridgehead atoms. The number of amides is 1. The number of aryl methyl sites for hydroxylation is 2. The standard InChI is InChI=1S/C27H27N3O2/c1-18-12-13-19(2)20(14-18)16-30-23-9-5-4-8-22(23)28-27(30)21-15-26(31)29(17-21)24-10-6-7-11-25(24)32-3/h4-14,21H,15-17H2,1-3H3. The van der Waals surface area contributed by atoms with Crippen molar-refractivity contribution in [1.82, 2.24) is 9.55 Å². The molecule has 1 aliphatic heterocycles. The van der Waals surface area contributed by atoms with Crippen molar-refractivity contribution in [2.45, 2.75) is 32.7 Å². The molecule has 1 unspecified atom stereocenters. The molecule has 0 N–H and O–H groups in total. The Kier molecular flexibility index (Phi) is 5.17. The van der Waals surface area contributed by atoms with E-state index in [2.05, 4.69) is 42.7 Å². The van der Waals surface area contributed by atoms with Crippen molar-refractivity contribution in [3.05, 3.63) is 89.2 Å². The summed E-state index contributed by atoms with van der Waals surface area (Å²) in [6, 6.07) is 22.5. The van der Waals surface area contributed by atoms with E-state index in [-0.39, 0.29) is 11.8 Å². The molecule has 0 radical (unpaired) electrons. The van der Waals surface area contributed by atoms with Gasteiger partial charge in [-0.25, -0.2) is 4.98 Å². The van der Waals surface area contributed by atoms with Gasteiger partial charge >= 0.3 is 0 Å². The summed E-state index contributed by atoms with van der Waals surface area (Å²) in [6.07, 6.45) is 0.439. The molecule has 5 nitrogen and oxygen atoms in total. The van der Waals surface area contributed by atoms with E-state index >= 15 is 0 Å². The van der Waals surface area contributed by atoms with E-state index in [0.717, 1.165) is 29.1 Å². The Labute approximate surface area is 188 Å². The zero-order chi connectivity index (χ0) is 22.2. The Morgan fingerprint density at radius 2 is 1.81 bits per heavy atom. The highest BCUT2D eigenvalue weighted by Gasteiger charge is 2.36. The fourth-order valence-electron chi connectivity index (χ4n) is 4.68. The predicted molar refractivity (Wildman–Crippen MR) is 127 cm³/mol. The molecular weight excluding hydrogens is 398 g/mol. The first-order valence-corrected chi connectivity index (χ1v) is 11.0. The first kappa shape index (κ1) is 20.3. The summed E-state index contributed by atoms with van der Waals surface area (Å²) in [7, 11) is 1.64. The monoisotopic (exact) mass is 425 g/mol. The highest BCUT2D eigenvalue weighted by Crippen LogP contribution is 2.37. The van der Waals surface area contributed by atoms with Crippen LogP contribution in [-0.2, 0) is 11.3 Å². The number of hydrogen-bond donors (Lipinski definition) is 0. The molecule has 5 rings (SSSR count). The number of carbonyl (C=O) groups excluding carboxylic acids is 1. The molecule has 0 saturated carbocycles. The van der Waals surface area contributed by atoms with Gasteiger partial charge in [0, 0.05) is 25.4 Å². The maximum absolute atomic E-state index is 13.0. The Morgan fingerprint density at radius 1 is 1.03 bits per heavy atom. The second-order valence-corrected chi connectivity index (χ2v) is 8.55. The van der Waals surface area contributed by atoms with Crippen molar-refractivity contribution >= 4 is 22.6 Å². The van der Waals surface area contributed by atoms with Crippen LogP contribution in [0.25, 0.3) is 11.0 Å². The van der Waals surface area contributed by atoms with Crippen molar-refractivity contribution in [2.24, 2.45) is 0 Å². The summed E-state index contributed by atoms with van der Waals surface area (Å²) in [4.78, 5) is 19.9. The number of methoxy groups -OCH3 is 1. The van der Waals surface area contributed by atoms with Crippen LogP contribution in [0.3, 0.4) is 0 Å². The number of nitrogens with zero attached hydrogens (tertiary/aromatic N) is 3. The van der Waals surface area contributed by atoms with Crippen LogP contribution in [0.1, 0.15) is 34.9 Å². The van der Waals surface area contributed by atoms with Gasteiger partial charge in [0.25, 0.3) is 0 Å². The number of hydrogen-bond acceptors (Lipinski definition) is 3. The van der Waals surface area contributed by atoms with Gasteiger partial charge in [0.05, 0.1) is 23.8 Å². The van der Waals surface area contributed by atoms with Crippen LogP contribution in [-0.4, -0.2) is 29.1 Å². The molecule has 1 aliphatic rings. The lowest BCUT2D eigenvalue weighted by atomic mass is 10.0. The number of para-hydroxylation sites is 4. The maximum Gasteiger partial charge on any atom is 0.227 e. The minimum absolute atomic E-state index is 0.0185. The number of carbonyl (C=O) groups is 1. The topological polar surface area (TPSA) is 47.4 Å². The third kappa shape index (κ3) is 3.54. The second-order valence-electron chi connectivity index (χ2n) is 8.55. The lowest BCUT2D eigenvalue weighted by Crippen LogP contribution is -2.25. The second kappa shape index (κ2) is 8.15. The predicted octanol–water partition coefficient (Wildman–Crippen LogP) is 5.23. The normalized spacial score (nSPS) is 16.2. The minimum atomic E-state index is 0.0185. The molecule has 32 heavy (non-hydrogen) atoms. The minimum Gasteiger partial charge on any atom is -0.495 e. The maximum atomic E-state index is 13.0. The molecule has 1 fully saturated rings. The number of benzene rings is 3. The van der Waals surface area contributed by atoms with E-state index in [1.165, 1.54) is 16.7 Å². The zero-order valence-electron chi connectivity index (χ0n) is 18.7. The van der Waals surface area contributed by atoms with E-state index in [4.69, 9.17) is 9.72 Å². The van der Waals surface area contributed by atoms with Crippen molar-refractivity contribution in [3.63, 3.8) is 0 Å². The number of ether oxygens (including phenoxy) is 1. The summed E-state index contributed by atoms with van der Waals surface area (Å²) < 4.78 is 7.80. The molecule has 1 aromatic heterocycles.